The zero-order valence-corrected chi connectivity index (χ0v) is 44.6. The highest BCUT2D eigenvalue weighted by atomic mass is 15.2. The lowest BCUT2D eigenvalue weighted by atomic mass is 10.1. The van der Waals surface area contributed by atoms with Crippen molar-refractivity contribution in [1.29, 1.82) is 0 Å². The van der Waals surface area contributed by atoms with E-state index in [9.17, 15) is 0 Å². The molecule has 0 fully saturated rings. The van der Waals surface area contributed by atoms with Gasteiger partial charge >= 0.3 is 0 Å². The Kier molecular flexibility index (Phi) is 9.64. The van der Waals surface area contributed by atoms with Crippen LogP contribution in [0.25, 0.3) is 161 Å². The summed E-state index contributed by atoms with van der Waals surface area (Å²) in [5, 5.41) is 11.7. The summed E-state index contributed by atoms with van der Waals surface area (Å²) in [5.74, 6) is 1.62. The van der Waals surface area contributed by atoms with Crippen LogP contribution in [-0.2, 0) is 0 Å². The Hall–Kier alpha value is -11.4. The monoisotopic (exact) mass is 1060 g/mol. The molecule has 0 bridgehead atoms. The van der Waals surface area contributed by atoms with Gasteiger partial charge in [-0.1, -0.05) is 170 Å². The second-order valence-corrected chi connectivity index (χ2v) is 21.5. The van der Waals surface area contributed by atoms with Crippen LogP contribution in [0.2, 0.25) is 0 Å². The van der Waals surface area contributed by atoms with Gasteiger partial charge in [-0.2, -0.15) is 9.97 Å². The Bertz CT molecular complexity index is 5170. The minimum Gasteiger partial charge on any atom is -0.309 e. The van der Waals surface area contributed by atoms with Crippen LogP contribution in [0.15, 0.2) is 279 Å². The van der Waals surface area contributed by atoms with E-state index < -0.39 is 0 Å². The van der Waals surface area contributed by atoms with Crippen molar-refractivity contribution in [3.8, 4) is 51.5 Å². The smallest absolute Gasteiger partial charge is 0.238 e. The van der Waals surface area contributed by atoms with Crippen LogP contribution in [0.1, 0.15) is 0 Å². The lowest BCUT2D eigenvalue weighted by Gasteiger charge is -2.17. The van der Waals surface area contributed by atoms with Gasteiger partial charge in [-0.05, 0) is 109 Å². The predicted molar refractivity (Wildman–Crippen MR) is 342 cm³/mol. The second-order valence-electron chi connectivity index (χ2n) is 21.5. The largest absolute Gasteiger partial charge is 0.309 e. The number of nitrogens with zero attached hydrogens (tertiary/aromatic N) is 8. The van der Waals surface area contributed by atoms with Gasteiger partial charge in [0, 0.05) is 76.4 Å². The number of fused-ring (bicyclic) bond motifs is 15. The maximum Gasteiger partial charge on any atom is 0.238 e. The molecule has 0 saturated carbocycles. The molecule has 386 valence electrons. The normalized spacial score (nSPS) is 12.1. The molecule has 0 saturated heterocycles. The average Bonchev–Trinajstić information content (AvgIpc) is 3.73. The van der Waals surface area contributed by atoms with Crippen molar-refractivity contribution in [3.05, 3.63) is 279 Å². The highest BCUT2D eigenvalue weighted by molar-refractivity contribution is 6.15. The summed E-state index contributed by atoms with van der Waals surface area (Å²) in [5.41, 5.74) is 16.8. The van der Waals surface area contributed by atoms with E-state index in [1.807, 2.05) is 0 Å². The van der Waals surface area contributed by atoms with Gasteiger partial charge in [0.25, 0.3) is 0 Å². The molecule has 18 rings (SSSR count). The molecule has 18 aromatic rings. The first-order valence-electron chi connectivity index (χ1n) is 28.2. The van der Waals surface area contributed by atoms with E-state index >= 15 is 0 Å². The summed E-state index contributed by atoms with van der Waals surface area (Å²) in [7, 11) is 0. The molecule has 6 heterocycles. The van der Waals surface area contributed by atoms with E-state index in [4.69, 9.17) is 15.0 Å². The molecule has 8 nitrogen and oxygen atoms in total. The average molecular weight is 1060 g/mol. The second kappa shape index (κ2) is 17.6. The van der Waals surface area contributed by atoms with Crippen LogP contribution < -0.4 is 0 Å². The number of para-hydroxylation sites is 10. The maximum atomic E-state index is 5.71. The fourth-order valence-electron chi connectivity index (χ4n) is 13.7. The fourth-order valence-corrected chi connectivity index (χ4v) is 13.7. The van der Waals surface area contributed by atoms with Crippen molar-refractivity contribution in [2.24, 2.45) is 0 Å². The Morgan fingerprint density at radius 1 is 0.193 bits per heavy atom. The number of rotatable bonds is 7. The lowest BCUT2D eigenvalue weighted by molar-refractivity contribution is 0.949. The molecule has 0 aliphatic rings. The summed E-state index contributed by atoms with van der Waals surface area (Å²) in [6.45, 7) is 0. The van der Waals surface area contributed by atoms with E-state index in [1.54, 1.807) is 0 Å². The molecule has 0 spiro atoms. The molecule has 8 heteroatoms. The molecule has 0 aliphatic carbocycles. The van der Waals surface area contributed by atoms with Crippen LogP contribution in [0.3, 0.4) is 0 Å². The van der Waals surface area contributed by atoms with Gasteiger partial charge in [-0.15, -0.1) is 0 Å². The molecule has 6 aromatic heterocycles. The van der Waals surface area contributed by atoms with E-state index in [0.717, 1.165) is 99.8 Å². The number of hydrogen-bond donors (Lipinski definition) is 0. The molecule has 0 N–H and O–H groups in total. The third-order valence-corrected chi connectivity index (χ3v) is 17.2. The Morgan fingerprint density at radius 2 is 0.446 bits per heavy atom. The van der Waals surface area contributed by atoms with Crippen LogP contribution in [0.4, 0.5) is 0 Å². The summed E-state index contributed by atoms with van der Waals surface area (Å²) >= 11 is 0. The molecular weight excluding hydrogens is 1010 g/mol. The van der Waals surface area contributed by atoms with Crippen LogP contribution in [-0.4, -0.2) is 37.8 Å². The number of benzene rings is 12. The van der Waals surface area contributed by atoms with E-state index in [-0.39, 0.29) is 0 Å². The van der Waals surface area contributed by atoms with Crippen LogP contribution in [0.5, 0.6) is 0 Å². The Morgan fingerprint density at radius 3 is 0.759 bits per heavy atom. The van der Waals surface area contributed by atoms with Crippen molar-refractivity contribution < 1.29 is 0 Å². The van der Waals surface area contributed by atoms with Crippen LogP contribution in [0, 0.1) is 0 Å². The Labute approximate surface area is 474 Å². The molecule has 12 aromatic carbocycles. The summed E-state index contributed by atoms with van der Waals surface area (Å²) in [6.07, 6.45) is 0. The van der Waals surface area contributed by atoms with E-state index in [0.29, 0.717) is 17.6 Å². The van der Waals surface area contributed by atoms with Crippen molar-refractivity contribution in [2.75, 3.05) is 0 Å². The topological polar surface area (TPSA) is 63.3 Å². The zero-order chi connectivity index (χ0) is 54.3. The predicted octanol–water partition coefficient (Wildman–Crippen LogP) is 18.7. The van der Waals surface area contributed by atoms with Gasteiger partial charge in [0.15, 0.2) is 11.6 Å². The molecule has 0 radical (unpaired) electrons. The number of hydrogen-bond acceptors (Lipinski definition) is 3. The minimum atomic E-state index is 0.508. The van der Waals surface area contributed by atoms with Gasteiger partial charge in [0.05, 0.1) is 66.5 Å². The lowest BCUT2D eigenvalue weighted by Crippen LogP contribution is -2.09. The van der Waals surface area contributed by atoms with E-state index in [1.165, 1.54) is 43.1 Å². The molecule has 0 unspecified atom stereocenters. The molecule has 83 heavy (non-hydrogen) atoms. The molecule has 0 aliphatic heterocycles. The van der Waals surface area contributed by atoms with Gasteiger partial charge < -0.3 is 18.3 Å². The van der Waals surface area contributed by atoms with Gasteiger partial charge in [-0.3, -0.25) is 4.57 Å². The van der Waals surface area contributed by atoms with Gasteiger partial charge in [0.1, 0.15) is 0 Å². The standard InChI is InChI=1S/C75H46N8/c1-11-31-61-49(21-1)50-22-2-12-32-62(50)79(61)47-41-43-71-59(45-47)60-46-48(80-63-33-13-3-23-51(63)52-24-4-14-34-64(52)80)42-44-72(60)83(71)75-77-73(57-29-9-19-39-69(57)81-65-35-15-5-25-53(65)54-26-6-16-36-66(54)81)76-74(78-75)58-30-10-20-40-70(58)82-67-37-17-7-27-55(67)56-28-8-18-38-68(56)82/h1-46H. The van der Waals surface area contributed by atoms with Crippen molar-refractivity contribution in [3.63, 3.8) is 0 Å². The van der Waals surface area contributed by atoms with Crippen molar-refractivity contribution >= 4 is 109 Å². The van der Waals surface area contributed by atoms with Crippen molar-refractivity contribution in [1.82, 2.24) is 37.8 Å². The third-order valence-electron chi connectivity index (χ3n) is 17.2. The van der Waals surface area contributed by atoms with Gasteiger partial charge in [-0.25, -0.2) is 4.98 Å². The maximum absolute atomic E-state index is 5.71. The van der Waals surface area contributed by atoms with Gasteiger partial charge in [0.2, 0.25) is 5.95 Å². The minimum absolute atomic E-state index is 0.508. The third kappa shape index (κ3) is 6.60. The first kappa shape index (κ1) is 45.5. The quantitative estimate of drug-likeness (QED) is 0.160. The highest BCUT2D eigenvalue weighted by Gasteiger charge is 2.25. The Balaban J connectivity index is 0.946. The van der Waals surface area contributed by atoms with Crippen molar-refractivity contribution in [2.45, 2.75) is 0 Å². The molecule has 0 atom stereocenters. The molecular formula is C75H46N8. The highest BCUT2D eigenvalue weighted by Crippen LogP contribution is 2.42. The summed E-state index contributed by atoms with van der Waals surface area (Å²) in [6, 6.07) is 100. The fraction of sp³-hybridized carbons (Fsp3) is 0. The summed E-state index contributed by atoms with van der Waals surface area (Å²) < 4.78 is 11.8. The SMILES string of the molecule is c1ccc(-n2c3ccccc3c3ccccc32)c(-c2nc(-c3ccccc3-n3c4ccccc4c4ccccc43)nc(-n3c4ccc(-n5c6ccccc6c6ccccc65)cc4c4cc(-n5c6ccccc6c6ccccc65)ccc43)n2)c1. The van der Waals surface area contributed by atoms with E-state index in [2.05, 4.69) is 302 Å². The zero-order valence-electron chi connectivity index (χ0n) is 44.6. The first-order valence-corrected chi connectivity index (χ1v) is 28.2. The summed E-state index contributed by atoms with van der Waals surface area (Å²) in [4.78, 5) is 17.1. The van der Waals surface area contributed by atoms with Crippen LogP contribution >= 0.6 is 0 Å². The first-order chi connectivity index (χ1) is 41.2. The number of aromatic nitrogens is 8. The molecule has 0 amide bonds.